The van der Waals surface area contributed by atoms with Crippen molar-refractivity contribution in [2.24, 2.45) is 0 Å². The van der Waals surface area contributed by atoms with Crippen LogP contribution >= 0.6 is 0 Å². The molecule has 0 spiro atoms. The van der Waals surface area contributed by atoms with Crippen molar-refractivity contribution in [1.29, 1.82) is 0 Å². The minimum Gasteiger partial charge on any atom is -0.494 e. The number of fused-ring (bicyclic) bond motifs is 2. The minimum absolute atomic E-state index is 0.120. The largest absolute Gasteiger partial charge is 0.494 e. The molecule has 0 aliphatic carbocycles. The zero-order valence-electron chi connectivity index (χ0n) is 16.7. The Morgan fingerprint density at radius 1 is 1.07 bits per heavy atom. The number of nitrogens with zero attached hydrogens (tertiary/aromatic N) is 2. The van der Waals surface area contributed by atoms with Crippen molar-refractivity contribution in [2.75, 3.05) is 26.2 Å². The second-order valence-corrected chi connectivity index (χ2v) is 7.92. The summed E-state index contributed by atoms with van der Waals surface area (Å²) in [5.41, 5.74) is 3.12. The van der Waals surface area contributed by atoms with Crippen molar-refractivity contribution >= 4 is 21.8 Å². The molecule has 0 radical (unpaired) electrons. The molecule has 1 aliphatic rings. The van der Waals surface area contributed by atoms with Gasteiger partial charge in [-0.15, -0.1) is 0 Å². The van der Waals surface area contributed by atoms with Crippen LogP contribution in [0.15, 0.2) is 54.6 Å². The molecule has 3 N–H and O–H groups in total. The lowest BCUT2D eigenvalue weighted by atomic mass is 10.1. The van der Waals surface area contributed by atoms with E-state index in [1.807, 2.05) is 54.6 Å². The molecular weight excluding hydrogens is 378 g/mol. The highest BCUT2D eigenvalue weighted by Gasteiger charge is 2.17. The third kappa shape index (κ3) is 3.72. The van der Waals surface area contributed by atoms with E-state index in [1.165, 1.54) is 12.8 Å². The number of aromatic nitrogens is 2. The van der Waals surface area contributed by atoms with E-state index in [1.54, 1.807) is 0 Å². The molecule has 6 nitrogen and oxygen atoms in total. The number of aromatic amines is 1. The molecule has 0 saturated carbocycles. The van der Waals surface area contributed by atoms with Gasteiger partial charge in [-0.1, -0.05) is 24.3 Å². The Morgan fingerprint density at radius 3 is 2.77 bits per heavy atom. The summed E-state index contributed by atoms with van der Waals surface area (Å²) in [7, 11) is 0. The van der Waals surface area contributed by atoms with Crippen molar-refractivity contribution in [3.05, 3.63) is 54.6 Å². The number of rotatable bonds is 6. The number of H-pyrrole nitrogens is 1. The van der Waals surface area contributed by atoms with E-state index in [0.29, 0.717) is 23.6 Å². The average Bonchev–Trinajstić information content (AvgIpc) is 3.38. The van der Waals surface area contributed by atoms with Gasteiger partial charge in [0.2, 0.25) is 0 Å². The molecule has 1 unspecified atom stereocenters. The van der Waals surface area contributed by atoms with Crippen LogP contribution in [0.3, 0.4) is 0 Å². The monoisotopic (exact) mass is 403 g/mol. The summed E-state index contributed by atoms with van der Waals surface area (Å²) in [5, 5.41) is 22.5. The summed E-state index contributed by atoms with van der Waals surface area (Å²) in [6, 6.07) is 17.4. The van der Waals surface area contributed by atoms with Crippen molar-refractivity contribution in [2.45, 2.75) is 18.9 Å². The maximum atomic E-state index is 10.4. The zero-order valence-corrected chi connectivity index (χ0v) is 16.7. The van der Waals surface area contributed by atoms with Gasteiger partial charge in [-0.2, -0.15) is 0 Å². The van der Waals surface area contributed by atoms with E-state index < -0.39 is 6.10 Å². The highest BCUT2D eigenvalue weighted by atomic mass is 16.5. The number of ether oxygens (including phenoxy) is 1. The first-order valence-corrected chi connectivity index (χ1v) is 10.4. The fourth-order valence-electron chi connectivity index (χ4n) is 4.23. The molecular formula is C24H25N3O3. The molecule has 0 bridgehead atoms. The number of para-hydroxylation sites is 1. The Morgan fingerprint density at radius 2 is 1.90 bits per heavy atom. The molecule has 6 heteroatoms. The summed E-state index contributed by atoms with van der Waals surface area (Å²) in [6.07, 6.45) is 1.93. The minimum atomic E-state index is -0.496. The first-order valence-electron chi connectivity index (χ1n) is 10.4. The molecule has 1 fully saturated rings. The lowest BCUT2D eigenvalue weighted by molar-refractivity contribution is 0.0759. The highest BCUT2D eigenvalue weighted by Crippen LogP contribution is 2.36. The molecule has 5 rings (SSSR count). The first kappa shape index (κ1) is 18.9. The molecule has 0 amide bonds. The lowest BCUT2D eigenvalue weighted by Crippen LogP contribution is -2.33. The topological polar surface area (TPSA) is 81.6 Å². The maximum absolute atomic E-state index is 10.4. The van der Waals surface area contributed by atoms with Gasteiger partial charge in [0.1, 0.15) is 18.5 Å². The summed E-state index contributed by atoms with van der Waals surface area (Å²) >= 11 is 0. The van der Waals surface area contributed by atoms with Gasteiger partial charge < -0.3 is 24.8 Å². The van der Waals surface area contributed by atoms with E-state index >= 15 is 0 Å². The van der Waals surface area contributed by atoms with Crippen LogP contribution in [-0.2, 0) is 0 Å². The van der Waals surface area contributed by atoms with Gasteiger partial charge >= 0.3 is 0 Å². The number of hydrogen-bond acceptors (Lipinski definition) is 5. The number of aromatic hydroxyl groups is 1. The summed E-state index contributed by atoms with van der Waals surface area (Å²) in [6.45, 7) is 3.06. The quantitative estimate of drug-likeness (QED) is 0.455. The van der Waals surface area contributed by atoms with Crippen LogP contribution in [-0.4, -0.2) is 57.4 Å². The predicted molar refractivity (Wildman–Crippen MR) is 118 cm³/mol. The number of aliphatic hydroxyl groups excluding tert-OH is 1. The van der Waals surface area contributed by atoms with E-state index in [2.05, 4.69) is 9.88 Å². The first-order chi connectivity index (χ1) is 14.7. The van der Waals surface area contributed by atoms with Gasteiger partial charge in [-0.3, -0.25) is 0 Å². The Hall–Kier alpha value is -3.09. The third-order valence-corrected chi connectivity index (χ3v) is 5.71. The second-order valence-electron chi connectivity index (χ2n) is 7.92. The number of benzene rings is 2. The summed E-state index contributed by atoms with van der Waals surface area (Å²) < 4.78 is 5.82. The number of pyridine rings is 1. The molecule has 30 heavy (non-hydrogen) atoms. The molecule has 1 atom stereocenters. The number of β-amino-alcohol motifs (C(OH)–C–C–N with tert-alkyl or cyclic N) is 1. The smallest absolute Gasteiger partial charge is 0.199 e. The Balaban J connectivity index is 1.34. The fraction of sp³-hybridized carbons (Fsp3) is 0.292. The Labute approximate surface area is 174 Å². The summed E-state index contributed by atoms with van der Waals surface area (Å²) in [4.78, 5) is 10.0. The van der Waals surface area contributed by atoms with Crippen molar-refractivity contribution in [3.63, 3.8) is 0 Å². The molecule has 1 aliphatic heterocycles. The van der Waals surface area contributed by atoms with Gasteiger partial charge in [-0.05, 0) is 56.3 Å². The van der Waals surface area contributed by atoms with Crippen LogP contribution in [0.2, 0.25) is 0 Å². The number of nitrogens with one attached hydrogen (secondary N) is 1. The highest BCUT2D eigenvalue weighted by molar-refractivity contribution is 5.99. The van der Waals surface area contributed by atoms with Crippen LogP contribution < -0.4 is 4.74 Å². The number of hydrogen-bond donors (Lipinski definition) is 3. The second kappa shape index (κ2) is 7.97. The van der Waals surface area contributed by atoms with Gasteiger partial charge in [0.15, 0.2) is 5.88 Å². The molecule has 154 valence electrons. The van der Waals surface area contributed by atoms with Gasteiger partial charge in [-0.25, -0.2) is 4.98 Å². The molecule has 3 heterocycles. The van der Waals surface area contributed by atoms with Crippen LogP contribution in [0.1, 0.15) is 12.8 Å². The number of likely N-dealkylation sites (tertiary alicyclic amines) is 1. The van der Waals surface area contributed by atoms with Crippen molar-refractivity contribution in [1.82, 2.24) is 14.9 Å². The van der Waals surface area contributed by atoms with Gasteiger partial charge in [0.25, 0.3) is 0 Å². The average molecular weight is 403 g/mol. The molecule has 4 aromatic rings. The van der Waals surface area contributed by atoms with Crippen LogP contribution in [0.4, 0.5) is 0 Å². The van der Waals surface area contributed by atoms with Gasteiger partial charge in [0.05, 0.1) is 16.8 Å². The number of aliphatic hydroxyl groups is 1. The third-order valence-electron chi connectivity index (χ3n) is 5.71. The molecule has 1 saturated heterocycles. The standard InChI is InChI=1S/C24H25N3O3/c28-17(14-27-11-3-4-12-27)15-30-18-8-10-20-16(13-18)7-9-22(25-20)23-19-5-1-2-6-21(19)26-24(23)29/h1-2,5-10,13,17,26,28-29H,3-4,11-12,14-15H2. The Kier molecular flexibility index (Phi) is 5.02. The van der Waals surface area contributed by atoms with Crippen LogP contribution in [0.5, 0.6) is 11.6 Å². The normalized spacial score (nSPS) is 15.8. The Bertz CT molecular complexity index is 1180. The molecule has 2 aromatic carbocycles. The van der Waals surface area contributed by atoms with Crippen LogP contribution in [0, 0.1) is 0 Å². The van der Waals surface area contributed by atoms with E-state index in [4.69, 9.17) is 9.72 Å². The van der Waals surface area contributed by atoms with Crippen LogP contribution in [0.25, 0.3) is 33.1 Å². The van der Waals surface area contributed by atoms with Gasteiger partial charge in [0, 0.05) is 22.8 Å². The SMILES string of the molecule is Oc1[nH]c2ccccc2c1-c1ccc2cc(OCC(O)CN3CCCC3)ccc2n1. The zero-order chi connectivity index (χ0) is 20.5. The van der Waals surface area contributed by atoms with Crippen molar-refractivity contribution in [3.8, 4) is 22.9 Å². The van der Waals surface area contributed by atoms with E-state index in [0.717, 1.165) is 34.9 Å². The van der Waals surface area contributed by atoms with Crippen molar-refractivity contribution < 1.29 is 14.9 Å². The molecule has 2 aromatic heterocycles. The van der Waals surface area contributed by atoms with E-state index in [-0.39, 0.29) is 12.5 Å². The van der Waals surface area contributed by atoms with E-state index in [9.17, 15) is 10.2 Å². The fourth-order valence-corrected chi connectivity index (χ4v) is 4.23. The maximum Gasteiger partial charge on any atom is 0.199 e. The predicted octanol–water partition coefficient (Wildman–Crippen LogP) is 3.92. The summed E-state index contributed by atoms with van der Waals surface area (Å²) in [5.74, 6) is 0.836. The lowest BCUT2D eigenvalue weighted by Gasteiger charge is -2.19.